The summed E-state index contributed by atoms with van der Waals surface area (Å²) in [5, 5.41) is 0. The van der Waals surface area contributed by atoms with Crippen molar-refractivity contribution >= 4 is 11.0 Å². The summed E-state index contributed by atoms with van der Waals surface area (Å²) in [6.07, 6.45) is 3.85. The zero-order chi connectivity index (χ0) is 9.97. The summed E-state index contributed by atoms with van der Waals surface area (Å²) >= 11 is 0. The SMILES string of the molecule is CCc1ccc2ncc(CC)nc2c1. The second kappa shape index (κ2) is 3.74. The van der Waals surface area contributed by atoms with E-state index in [9.17, 15) is 0 Å². The third-order valence-corrected chi connectivity index (χ3v) is 2.43. The van der Waals surface area contributed by atoms with Gasteiger partial charge < -0.3 is 0 Å². The molecule has 0 aliphatic carbocycles. The Hall–Kier alpha value is -1.44. The Morgan fingerprint density at radius 3 is 2.64 bits per heavy atom. The lowest BCUT2D eigenvalue weighted by Crippen LogP contribution is -1.91. The zero-order valence-electron chi connectivity index (χ0n) is 8.62. The van der Waals surface area contributed by atoms with E-state index in [1.54, 1.807) is 0 Å². The van der Waals surface area contributed by atoms with Crippen molar-refractivity contribution in [2.75, 3.05) is 0 Å². The van der Waals surface area contributed by atoms with Gasteiger partial charge in [-0.1, -0.05) is 19.9 Å². The van der Waals surface area contributed by atoms with Gasteiger partial charge in [-0.3, -0.25) is 4.98 Å². The lowest BCUT2D eigenvalue weighted by molar-refractivity contribution is 1.03. The average molecular weight is 186 g/mol. The molecular weight excluding hydrogens is 172 g/mol. The first-order chi connectivity index (χ1) is 6.83. The Labute approximate surface area is 84.0 Å². The highest BCUT2D eigenvalue weighted by atomic mass is 14.8. The molecule has 1 aromatic heterocycles. The lowest BCUT2D eigenvalue weighted by Gasteiger charge is -2.01. The molecule has 0 aliphatic heterocycles. The molecule has 2 nitrogen and oxygen atoms in total. The van der Waals surface area contributed by atoms with Crippen LogP contribution in [0, 0.1) is 0 Å². The van der Waals surface area contributed by atoms with Crippen LogP contribution in [0.4, 0.5) is 0 Å². The van der Waals surface area contributed by atoms with E-state index in [4.69, 9.17) is 0 Å². The third-order valence-electron chi connectivity index (χ3n) is 2.43. The van der Waals surface area contributed by atoms with Crippen LogP contribution in [0.3, 0.4) is 0 Å². The van der Waals surface area contributed by atoms with Gasteiger partial charge in [-0.25, -0.2) is 4.98 Å². The van der Waals surface area contributed by atoms with Gasteiger partial charge in [0.25, 0.3) is 0 Å². The van der Waals surface area contributed by atoms with E-state index in [1.165, 1.54) is 5.56 Å². The average Bonchev–Trinajstić information content (AvgIpc) is 2.27. The van der Waals surface area contributed by atoms with Crippen molar-refractivity contribution in [2.24, 2.45) is 0 Å². The van der Waals surface area contributed by atoms with E-state index >= 15 is 0 Å². The van der Waals surface area contributed by atoms with Crippen LogP contribution in [-0.2, 0) is 12.8 Å². The summed E-state index contributed by atoms with van der Waals surface area (Å²) in [7, 11) is 0. The minimum Gasteiger partial charge on any atom is -0.253 e. The zero-order valence-corrected chi connectivity index (χ0v) is 8.62. The van der Waals surface area contributed by atoms with Gasteiger partial charge in [-0.05, 0) is 30.5 Å². The molecule has 72 valence electrons. The number of aryl methyl sites for hydroxylation is 2. The van der Waals surface area contributed by atoms with E-state index in [2.05, 4.69) is 35.9 Å². The topological polar surface area (TPSA) is 25.8 Å². The maximum Gasteiger partial charge on any atom is 0.0892 e. The predicted octanol–water partition coefficient (Wildman–Crippen LogP) is 2.75. The highest BCUT2D eigenvalue weighted by Gasteiger charge is 1.99. The fourth-order valence-corrected chi connectivity index (χ4v) is 1.49. The third kappa shape index (κ3) is 1.60. The highest BCUT2D eigenvalue weighted by molar-refractivity contribution is 5.74. The molecular formula is C12H14N2. The second-order valence-electron chi connectivity index (χ2n) is 3.39. The molecule has 14 heavy (non-hydrogen) atoms. The fraction of sp³-hybridized carbons (Fsp3) is 0.333. The van der Waals surface area contributed by atoms with Crippen molar-refractivity contribution in [2.45, 2.75) is 26.7 Å². The van der Waals surface area contributed by atoms with Crippen molar-refractivity contribution < 1.29 is 0 Å². The fourth-order valence-electron chi connectivity index (χ4n) is 1.49. The van der Waals surface area contributed by atoms with E-state index in [-0.39, 0.29) is 0 Å². The number of benzene rings is 1. The number of rotatable bonds is 2. The van der Waals surface area contributed by atoms with Gasteiger partial charge in [0.1, 0.15) is 0 Å². The van der Waals surface area contributed by atoms with Crippen LogP contribution in [0.5, 0.6) is 0 Å². The number of hydrogen-bond donors (Lipinski definition) is 0. The standard InChI is InChI=1S/C12H14N2/c1-3-9-5-6-11-12(7-9)14-10(4-2)8-13-11/h5-8H,3-4H2,1-2H3. The molecule has 0 N–H and O–H groups in total. The molecule has 2 aromatic rings. The monoisotopic (exact) mass is 186 g/mol. The molecule has 0 saturated carbocycles. The molecule has 0 unspecified atom stereocenters. The first-order valence-electron chi connectivity index (χ1n) is 5.08. The molecule has 1 aromatic carbocycles. The van der Waals surface area contributed by atoms with E-state index in [0.717, 1.165) is 29.6 Å². The maximum absolute atomic E-state index is 4.54. The summed E-state index contributed by atoms with van der Waals surface area (Å²) in [5.41, 5.74) is 4.38. The summed E-state index contributed by atoms with van der Waals surface area (Å²) in [6.45, 7) is 4.25. The summed E-state index contributed by atoms with van der Waals surface area (Å²) in [6, 6.07) is 6.28. The number of fused-ring (bicyclic) bond motifs is 1. The summed E-state index contributed by atoms with van der Waals surface area (Å²) < 4.78 is 0. The molecule has 1 heterocycles. The van der Waals surface area contributed by atoms with Crippen LogP contribution in [-0.4, -0.2) is 9.97 Å². The molecule has 0 saturated heterocycles. The highest BCUT2D eigenvalue weighted by Crippen LogP contribution is 2.12. The normalized spacial score (nSPS) is 10.7. The Bertz CT molecular complexity index is 410. The predicted molar refractivity (Wildman–Crippen MR) is 58.3 cm³/mol. The summed E-state index contributed by atoms with van der Waals surface area (Å²) in [4.78, 5) is 8.90. The van der Waals surface area contributed by atoms with Crippen LogP contribution < -0.4 is 0 Å². The van der Waals surface area contributed by atoms with Crippen LogP contribution in [0.1, 0.15) is 25.1 Å². The molecule has 0 spiro atoms. The first-order valence-corrected chi connectivity index (χ1v) is 5.08. The first kappa shape index (κ1) is 9.13. The molecule has 0 aliphatic rings. The van der Waals surface area contributed by atoms with Crippen molar-refractivity contribution in [1.29, 1.82) is 0 Å². The maximum atomic E-state index is 4.54. The van der Waals surface area contributed by atoms with Gasteiger partial charge in [0.05, 0.1) is 16.7 Å². The van der Waals surface area contributed by atoms with E-state index in [1.807, 2.05) is 12.3 Å². The van der Waals surface area contributed by atoms with Crippen molar-refractivity contribution in [1.82, 2.24) is 9.97 Å². The Balaban J connectivity index is 2.60. The van der Waals surface area contributed by atoms with Crippen LogP contribution in [0.2, 0.25) is 0 Å². The minimum absolute atomic E-state index is 0.944. The molecule has 0 atom stereocenters. The van der Waals surface area contributed by atoms with Crippen LogP contribution in [0.15, 0.2) is 24.4 Å². The van der Waals surface area contributed by atoms with Gasteiger partial charge in [0.15, 0.2) is 0 Å². The number of hydrogen-bond acceptors (Lipinski definition) is 2. The van der Waals surface area contributed by atoms with Gasteiger partial charge >= 0.3 is 0 Å². The van der Waals surface area contributed by atoms with Gasteiger partial charge in [-0.2, -0.15) is 0 Å². The molecule has 2 rings (SSSR count). The molecule has 0 radical (unpaired) electrons. The quantitative estimate of drug-likeness (QED) is 0.720. The Morgan fingerprint density at radius 1 is 1.07 bits per heavy atom. The van der Waals surface area contributed by atoms with Crippen molar-refractivity contribution in [3.63, 3.8) is 0 Å². The van der Waals surface area contributed by atoms with Crippen molar-refractivity contribution in [3.05, 3.63) is 35.7 Å². The number of nitrogens with zero attached hydrogens (tertiary/aromatic N) is 2. The smallest absolute Gasteiger partial charge is 0.0892 e. The Morgan fingerprint density at radius 2 is 1.93 bits per heavy atom. The van der Waals surface area contributed by atoms with Crippen LogP contribution in [0.25, 0.3) is 11.0 Å². The lowest BCUT2D eigenvalue weighted by atomic mass is 10.1. The largest absolute Gasteiger partial charge is 0.253 e. The molecule has 0 amide bonds. The van der Waals surface area contributed by atoms with Crippen molar-refractivity contribution in [3.8, 4) is 0 Å². The van der Waals surface area contributed by atoms with Gasteiger partial charge in [-0.15, -0.1) is 0 Å². The van der Waals surface area contributed by atoms with E-state index < -0.39 is 0 Å². The van der Waals surface area contributed by atoms with Gasteiger partial charge in [0.2, 0.25) is 0 Å². The summed E-state index contributed by atoms with van der Waals surface area (Å²) in [5.74, 6) is 0. The number of aromatic nitrogens is 2. The Kier molecular flexibility index (Phi) is 2.44. The van der Waals surface area contributed by atoms with E-state index in [0.29, 0.717) is 0 Å². The second-order valence-corrected chi connectivity index (χ2v) is 3.39. The van der Waals surface area contributed by atoms with Crippen LogP contribution >= 0.6 is 0 Å². The van der Waals surface area contributed by atoms with Gasteiger partial charge in [0, 0.05) is 6.20 Å². The molecule has 0 fully saturated rings. The molecule has 0 bridgehead atoms. The molecule has 2 heteroatoms. The minimum atomic E-state index is 0.944.